The fraction of sp³-hybridized carbons (Fsp3) is 0.500. The highest BCUT2D eigenvalue weighted by molar-refractivity contribution is 5.97. The first kappa shape index (κ1) is 15.5. The highest BCUT2D eigenvalue weighted by atomic mass is 16.3. The van der Waals surface area contributed by atoms with E-state index in [4.69, 9.17) is 5.73 Å². The van der Waals surface area contributed by atoms with Crippen LogP contribution < -0.4 is 11.1 Å². The Balaban J connectivity index is 2.05. The van der Waals surface area contributed by atoms with Gasteiger partial charge in [0.05, 0.1) is 12.0 Å². The fourth-order valence-corrected chi connectivity index (χ4v) is 2.79. The molecule has 1 fully saturated rings. The number of primary amides is 1. The lowest BCUT2D eigenvalue weighted by molar-refractivity contribution is -0.122. The molecule has 1 aromatic rings. The fourth-order valence-electron chi connectivity index (χ4n) is 2.79. The van der Waals surface area contributed by atoms with Gasteiger partial charge in [-0.15, -0.1) is 0 Å². The van der Waals surface area contributed by atoms with E-state index in [0.717, 1.165) is 24.8 Å². The van der Waals surface area contributed by atoms with Crippen LogP contribution in [0.2, 0.25) is 0 Å². The molecule has 0 aromatic heterocycles. The Hall–Kier alpha value is -1.88. The molecule has 0 saturated heterocycles. The van der Waals surface area contributed by atoms with Gasteiger partial charge in [-0.3, -0.25) is 9.59 Å². The van der Waals surface area contributed by atoms with E-state index in [1.807, 2.05) is 6.92 Å². The number of carbonyl (C=O) groups is 2. The molecular weight excluding hydrogens is 268 g/mol. The number of rotatable bonds is 4. The largest absolute Gasteiger partial charge is 0.389 e. The van der Waals surface area contributed by atoms with Crippen LogP contribution in [0, 0.1) is 6.92 Å². The molecule has 0 aliphatic heterocycles. The topological polar surface area (TPSA) is 92.4 Å². The van der Waals surface area contributed by atoms with Crippen molar-refractivity contribution >= 4 is 17.5 Å². The lowest BCUT2D eigenvalue weighted by Crippen LogP contribution is -2.36. The summed E-state index contributed by atoms with van der Waals surface area (Å²) in [6.07, 6.45) is 4.46. The molecule has 0 atom stereocenters. The summed E-state index contributed by atoms with van der Waals surface area (Å²) in [4.78, 5) is 23.3. The number of aliphatic hydroxyl groups is 1. The Morgan fingerprint density at radius 1 is 1.29 bits per heavy atom. The van der Waals surface area contributed by atoms with Gasteiger partial charge in [-0.2, -0.15) is 0 Å². The van der Waals surface area contributed by atoms with Crippen LogP contribution in [-0.4, -0.2) is 22.5 Å². The second kappa shape index (κ2) is 6.26. The van der Waals surface area contributed by atoms with Gasteiger partial charge < -0.3 is 16.2 Å². The van der Waals surface area contributed by atoms with Crippen LogP contribution in [0.15, 0.2) is 18.2 Å². The summed E-state index contributed by atoms with van der Waals surface area (Å²) in [6, 6.07) is 4.94. The molecule has 1 saturated carbocycles. The first-order valence-electron chi connectivity index (χ1n) is 7.32. The highest BCUT2D eigenvalue weighted by Gasteiger charge is 2.31. The second-order valence-electron chi connectivity index (χ2n) is 5.90. The zero-order valence-electron chi connectivity index (χ0n) is 12.3. The van der Waals surface area contributed by atoms with E-state index >= 15 is 0 Å². The molecule has 1 aliphatic rings. The quantitative estimate of drug-likeness (QED) is 0.793. The van der Waals surface area contributed by atoms with Crippen molar-refractivity contribution in [2.45, 2.75) is 51.0 Å². The first-order chi connectivity index (χ1) is 9.89. The van der Waals surface area contributed by atoms with Crippen molar-refractivity contribution in [3.8, 4) is 0 Å². The summed E-state index contributed by atoms with van der Waals surface area (Å²) in [5.74, 6) is -0.763. The van der Waals surface area contributed by atoms with E-state index in [-0.39, 0.29) is 12.3 Å². The third-order valence-electron chi connectivity index (χ3n) is 4.07. The van der Waals surface area contributed by atoms with Gasteiger partial charge in [0.1, 0.15) is 0 Å². The number of benzene rings is 1. The monoisotopic (exact) mass is 290 g/mol. The van der Waals surface area contributed by atoms with E-state index in [1.54, 1.807) is 18.2 Å². The Bertz CT molecular complexity index is 548. The van der Waals surface area contributed by atoms with E-state index in [9.17, 15) is 14.7 Å². The van der Waals surface area contributed by atoms with Crippen LogP contribution in [0.25, 0.3) is 0 Å². The normalized spacial score (nSPS) is 17.2. The summed E-state index contributed by atoms with van der Waals surface area (Å²) in [5.41, 5.74) is 6.12. The van der Waals surface area contributed by atoms with Gasteiger partial charge in [0.25, 0.3) is 0 Å². The number of nitrogens with two attached hydrogens (primary N) is 1. The molecule has 5 nitrogen and oxygen atoms in total. The molecule has 0 heterocycles. The molecule has 1 aromatic carbocycles. The second-order valence-corrected chi connectivity index (χ2v) is 5.90. The molecule has 0 bridgehead atoms. The maximum atomic E-state index is 12.1. The molecule has 114 valence electrons. The lowest BCUT2D eigenvalue weighted by atomic mass is 9.82. The van der Waals surface area contributed by atoms with E-state index in [0.29, 0.717) is 24.1 Å². The van der Waals surface area contributed by atoms with E-state index in [1.165, 1.54) is 0 Å². The number of hydrogen-bond donors (Lipinski definition) is 3. The molecule has 2 amide bonds. The van der Waals surface area contributed by atoms with Crippen LogP contribution in [0.5, 0.6) is 0 Å². The summed E-state index contributed by atoms with van der Waals surface area (Å²) >= 11 is 0. The Kier molecular flexibility index (Phi) is 4.63. The number of nitrogens with one attached hydrogen (secondary N) is 1. The van der Waals surface area contributed by atoms with Crippen molar-refractivity contribution in [3.05, 3.63) is 29.3 Å². The van der Waals surface area contributed by atoms with Gasteiger partial charge in [0.15, 0.2) is 0 Å². The minimum Gasteiger partial charge on any atom is -0.389 e. The minimum atomic E-state index is -0.891. The molecule has 0 spiro atoms. The number of carbonyl (C=O) groups excluding carboxylic acids is 2. The van der Waals surface area contributed by atoms with E-state index < -0.39 is 11.5 Å². The molecule has 2 rings (SSSR count). The third-order valence-corrected chi connectivity index (χ3v) is 4.07. The van der Waals surface area contributed by atoms with E-state index in [2.05, 4.69) is 5.32 Å². The molecule has 21 heavy (non-hydrogen) atoms. The van der Waals surface area contributed by atoms with Gasteiger partial charge in [-0.05, 0) is 37.5 Å². The first-order valence-corrected chi connectivity index (χ1v) is 7.32. The van der Waals surface area contributed by atoms with Crippen molar-refractivity contribution < 1.29 is 14.7 Å². The average molecular weight is 290 g/mol. The van der Waals surface area contributed by atoms with Crippen LogP contribution >= 0.6 is 0 Å². The third kappa shape index (κ3) is 4.04. The van der Waals surface area contributed by atoms with Gasteiger partial charge in [-0.25, -0.2) is 0 Å². The predicted molar refractivity (Wildman–Crippen MR) is 81.0 cm³/mol. The maximum absolute atomic E-state index is 12.1. The summed E-state index contributed by atoms with van der Waals surface area (Å²) < 4.78 is 0. The summed E-state index contributed by atoms with van der Waals surface area (Å²) in [7, 11) is 0. The van der Waals surface area contributed by atoms with Crippen LogP contribution in [0.1, 0.15) is 54.4 Å². The molecule has 4 N–H and O–H groups in total. The number of hydrogen-bond acceptors (Lipinski definition) is 3. The molecule has 5 heteroatoms. The molecular formula is C16H22N2O3. The van der Waals surface area contributed by atoms with Crippen molar-refractivity contribution in [2.24, 2.45) is 5.73 Å². The molecule has 1 aliphatic carbocycles. The Morgan fingerprint density at radius 3 is 2.57 bits per heavy atom. The predicted octanol–water partition coefficient (Wildman–Crippen LogP) is 2.12. The average Bonchev–Trinajstić information content (AvgIpc) is 2.41. The van der Waals surface area contributed by atoms with Gasteiger partial charge >= 0.3 is 0 Å². The highest BCUT2D eigenvalue weighted by Crippen LogP contribution is 2.31. The zero-order chi connectivity index (χ0) is 15.5. The molecule has 0 unspecified atom stereocenters. The SMILES string of the molecule is Cc1ccc(C(N)=O)cc1NC(=O)CC1(O)CCCCC1. The Labute approximate surface area is 124 Å². The number of anilines is 1. The summed E-state index contributed by atoms with van der Waals surface area (Å²) in [5, 5.41) is 13.2. The van der Waals surface area contributed by atoms with Crippen LogP contribution in [0.4, 0.5) is 5.69 Å². The zero-order valence-corrected chi connectivity index (χ0v) is 12.3. The summed E-state index contributed by atoms with van der Waals surface area (Å²) in [6.45, 7) is 1.84. The lowest BCUT2D eigenvalue weighted by Gasteiger charge is -2.31. The van der Waals surface area contributed by atoms with Crippen molar-refractivity contribution in [1.82, 2.24) is 0 Å². The van der Waals surface area contributed by atoms with Crippen LogP contribution in [-0.2, 0) is 4.79 Å². The van der Waals surface area contributed by atoms with Crippen molar-refractivity contribution in [1.29, 1.82) is 0 Å². The minimum absolute atomic E-state index is 0.0905. The van der Waals surface area contributed by atoms with Gasteiger partial charge in [0, 0.05) is 11.3 Å². The Morgan fingerprint density at radius 2 is 1.95 bits per heavy atom. The van der Waals surface area contributed by atoms with Crippen molar-refractivity contribution in [2.75, 3.05) is 5.32 Å². The number of aryl methyl sites for hydroxylation is 1. The standard InChI is InChI=1S/C16H22N2O3/c1-11-5-6-12(15(17)20)9-13(11)18-14(19)10-16(21)7-3-2-4-8-16/h5-6,9,21H,2-4,7-8,10H2,1H3,(H2,17,20)(H,18,19). The maximum Gasteiger partial charge on any atom is 0.248 e. The van der Waals surface area contributed by atoms with Gasteiger partial charge in [-0.1, -0.05) is 25.3 Å². The number of amides is 2. The molecule has 0 radical (unpaired) electrons. The smallest absolute Gasteiger partial charge is 0.248 e. The van der Waals surface area contributed by atoms with Gasteiger partial charge in [0.2, 0.25) is 11.8 Å². The van der Waals surface area contributed by atoms with Crippen LogP contribution in [0.3, 0.4) is 0 Å². The van der Waals surface area contributed by atoms with Crippen molar-refractivity contribution in [3.63, 3.8) is 0 Å².